The van der Waals surface area contributed by atoms with Crippen LogP contribution >= 0.6 is 11.6 Å². The molecular weight excluding hydrogens is 493 g/mol. The number of halogens is 2. The standard InChI is InChI=1S/C26H25ClFNO7/c1-34-23-8-6-20(29-25(23)16-3-5-19(28)18(27)11-16)26(33)17(14-31)12-21(32)15-4-7-22(36-10-9-30)24(13-15)35-2/h3-8,11,13,17,30-31H,9-10,12,14H2,1-2H3/t17-/m1/s1. The zero-order chi connectivity index (χ0) is 26.2. The van der Waals surface area contributed by atoms with Gasteiger partial charge >= 0.3 is 0 Å². The molecule has 3 aromatic rings. The van der Waals surface area contributed by atoms with Crippen LogP contribution in [0.2, 0.25) is 5.02 Å². The zero-order valence-electron chi connectivity index (χ0n) is 19.7. The molecule has 0 radical (unpaired) electrons. The summed E-state index contributed by atoms with van der Waals surface area (Å²) < 4.78 is 29.5. The predicted octanol–water partition coefficient (Wildman–Crippen LogP) is 3.99. The third-order valence-corrected chi connectivity index (χ3v) is 5.67. The van der Waals surface area contributed by atoms with Crippen molar-refractivity contribution in [3.8, 4) is 28.5 Å². The highest BCUT2D eigenvalue weighted by Crippen LogP contribution is 2.32. The van der Waals surface area contributed by atoms with Gasteiger partial charge in [-0.25, -0.2) is 9.37 Å². The fourth-order valence-electron chi connectivity index (χ4n) is 3.51. The number of hydrogen-bond donors (Lipinski definition) is 2. The van der Waals surface area contributed by atoms with Crippen molar-refractivity contribution < 1.29 is 38.4 Å². The van der Waals surface area contributed by atoms with Gasteiger partial charge in [-0.3, -0.25) is 9.59 Å². The number of rotatable bonds is 12. The van der Waals surface area contributed by atoms with Crippen LogP contribution in [-0.4, -0.2) is 60.8 Å². The Morgan fingerprint density at radius 2 is 1.72 bits per heavy atom. The number of methoxy groups -OCH3 is 2. The number of nitrogens with zero attached hydrogens (tertiary/aromatic N) is 1. The predicted molar refractivity (Wildman–Crippen MR) is 131 cm³/mol. The van der Waals surface area contributed by atoms with E-state index in [-0.39, 0.29) is 41.6 Å². The first-order chi connectivity index (χ1) is 17.3. The first-order valence-electron chi connectivity index (χ1n) is 10.9. The molecule has 0 fully saturated rings. The van der Waals surface area contributed by atoms with Crippen molar-refractivity contribution in [1.29, 1.82) is 0 Å². The van der Waals surface area contributed by atoms with Gasteiger partial charge in [-0.05, 0) is 48.5 Å². The topological polar surface area (TPSA) is 115 Å². The summed E-state index contributed by atoms with van der Waals surface area (Å²) in [6, 6.07) is 11.5. The van der Waals surface area contributed by atoms with Crippen LogP contribution in [0.3, 0.4) is 0 Å². The van der Waals surface area contributed by atoms with E-state index in [1.807, 2.05) is 0 Å². The van der Waals surface area contributed by atoms with Gasteiger partial charge in [-0.15, -0.1) is 0 Å². The van der Waals surface area contributed by atoms with Crippen molar-refractivity contribution in [1.82, 2.24) is 4.98 Å². The Balaban J connectivity index is 1.85. The lowest BCUT2D eigenvalue weighted by Gasteiger charge is -2.15. The third kappa shape index (κ3) is 6.17. The average Bonchev–Trinajstić information content (AvgIpc) is 2.91. The van der Waals surface area contributed by atoms with Crippen molar-refractivity contribution in [3.63, 3.8) is 0 Å². The van der Waals surface area contributed by atoms with Crippen molar-refractivity contribution in [2.75, 3.05) is 34.0 Å². The quantitative estimate of drug-likeness (QED) is 0.346. The van der Waals surface area contributed by atoms with Gasteiger partial charge in [0.05, 0.1) is 38.4 Å². The van der Waals surface area contributed by atoms with Crippen LogP contribution < -0.4 is 14.2 Å². The molecule has 0 saturated heterocycles. The summed E-state index contributed by atoms with van der Waals surface area (Å²) in [6.45, 7) is -0.698. The Morgan fingerprint density at radius 1 is 1.00 bits per heavy atom. The molecule has 8 nitrogen and oxygen atoms in total. The monoisotopic (exact) mass is 517 g/mol. The van der Waals surface area contributed by atoms with Gasteiger partial charge in [0, 0.05) is 17.5 Å². The maximum atomic E-state index is 13.6. The third-order valence-electron chi connectivity index (χ3n) is 5.38. The number of carbonyl (C=O) groups is 2. The van der Waals surface area contributed by atoms with Crippen LogP contribution in [-0.2, 0) is 0 Å². The summed E-state index contributed by atoms with van der Waals surface area (Å²) in [4.78, 5) is 30.4. The fourth-order valence-corrected chi connectivity index (χ4v) is 3.69. The molecule has 3 rings (SSSR count). The van der Waals surface area contributed by atoms with Gasteiger partial charge in [0.1, 0.15) is 29.6 Å². The number of hydrogen-bond acceptors (Lipinski definition) is 8. The number of pyridine rings is 1. The molecule has 2 aromatic carbocycles. The largest absolute Gasteiger partial charge is 0.494 e. The Hall–Kier alpha value is -3.53. The van der Waals surface area contributed by atoms with Crippen LogP contribution in [0, 0.1) is 11.7 Å². The summed E-state index contributed by atoms with van der Waals surface area (Å²) in [5, 5.41) is 18.7. The first-order valence-corrected chi connectivity index (χ1v) is 11.3. The van der Waals surface area contributed by atoms with Gasteiger partial charge in [0.15, 0.2) is 23.1 Å². The number of carbonyl (C=O) groups excluding carboxylic acids is 2. The molecule has 190 valence electrons. The van der Waals surface area contributed by atoms with E-state index in [1.165, 1.54) is 62.8 Å². The van der Waals surface area contributed by atoms with Crippen LogP contribution in [0.1, 0.15) is 27.3 Å². The molecule has 0 aliphatic carbocycles. The number of ketones is 2. The number of Topliss-reactive ketones (excluding diaryl/α,β-unsaturated/α-hetero) is 2. The maximum Gasteiger partial charge on any atom is 0.187 e. The molecule has 10 heteroatoms. The van der Waals surface area contributed by atoms with Crippen LogP contribution in [0.5, 0.6) is 17.2 Å². The van der Waals surface area contributed by atoms with E-state index in [1.54, 1.807) is 0 Å². The van der Waals surface area contributed by atoms with Crippen molar-refractivity contribution >= 4 is 23.2 Å². The Bertz CT molecular complexity index is 1250. The Morgan fingerprint density at radius 3 is 2.36 bits per heavy atom. The van der Waals surface area contributed by atoms with Gasteiger partial charge in [0.25, 0.3) is 0 Å². The lowest BCUT2D eigenvalue weighted by Crippen LogP contribution is -2.23. The van der Waals surface area contributed by atoms with Crippen molar-refractivity contribution in [2.24, 2.45) is 5.92 Å². The SMILES string of the molecule is COc1cc(C(=O)C[C@H](CO)C(=O)c2ccc(OC)c(-c3ccc(F)c(Cl)c3)n2)ccc1OCCO. The summed E-state index contributed by atoms with van der Waals surface area (Å²) in [5.41, 5.74) is 0.957. The molecule has 0 aliphatic heterocycles. The Labute approximate surface area is 212 Å². The molecule has 0 saturated carbocycles. The van der Waals surface area contributed by atoms with Gasteiger partial charge in [0.2, 0.25) is 0 Å². The molecule has 1 atom stereocenters. The van der Waals surface area contributed by atoms with E-state index in [2.05, 4.69) is 4.98 Å². The molecule has 1 aromatic heterocycles. The molecule has 2 N–H and O–H groups in total. The Kier molecular flexibility index (Phi) is 9.35. The molecule has 0 amide bonds. The fraction of sp³-hybridized carbons (Fsp3) is 0.269. The molecule has 0 unspecified atom stereocenters. The van der Waals surface area contributed by atoms with Crippen LogP contribution in [0.4, 0.5) is 4.39 Å². The van der Waals surface area contributed by atoms with Gasteiger partial charge in [-0.1, -0.05) is 11.6 Å². The molecule has 36 heavy (non-hydrogen) atoms. The first kappa shape index (κ1) is 27.1. The van der Waals surface area contributed by atoms with E-state index >= 15 is 0 Å². The van der Waals surface area contributed by atoms with E-state index < -0.39 is 29.9 Å². The van der Waals surface area contributed by atoms with E-state index in [4.69, 9.17) is 30.9 Å². The highest BCUT2D eigenvalue weighted by molar-refractivity contribution is 6.31. The maximum absolute atomic E-state index is 13.6. The second-order valence-corrected chi connectivity index (χ2v) is 8.09. The van der Waals surface area contributed by atoms with Gasteiger partial charge < -0.3 is 24.4 Å². The lowest BCUT2D eigenvalue weighted by molar-refractivity contribution is 0.0787. The van der Waals surface area contributed by atoms with Crippen molar-refractivity contribution in [3.05, 3.63) is 70.6 Å². The van der Waals surface area contributed by atoms with Gasteiger partial charge in [-0.2, -0.15) is 0 Å². The summed E-state index contributed by atoms with van der Waals surface area (Å²) in [7, 11) is 2.84. The zero-order valence-corrected chi connectivity index (χ0v) is 20.4. The number of aliphatic hydroxyl groups excluding tert-OH is 2. The molecular formula is C26H25ClFNO7. The minimum atomic E-state index is -1.06. The highest BCUT2D eigenvalue weighted by Gasteiger charge is 2.26. The molecule has 1 heterocycles. The highest BCUT2D eigenvalue weighted by atomic mass is 35.5. The number of benzene rings is 2. The van der Waals surface area contributed by atoms with Crippen LogP contribution in [0.15, 0.2) is 48.5 Å². The minimum Gasteiger partial charge on any atom is -0.494 e. The summed E-state index contributed by atoms with van der Waals surface area (Å²) >= 11 is 5.90. The molecule has 0 aliphatic rings. The second kappa shape index (κ2) is 12.4. The van der Waals surface area contributed by atoms with E-state index in [0.717, 1.165) is 0 Å². The molecule has 0 bridgehead atoms. The number of aliphatic hydroxyl groups is 2. The summed E-state index contributed by atoms with van der Waals surface area (Å²) in [6.07, 6.45) is -0.277. The number of aromatic nitrogens is 1. The van der Waals surface area contributed by atoms with E-state index in [0.29, 0.717) is 22.8 Å². The minimum absolute atomic E-state index is 0.00318. The van der Waals surface area contributed by atoms with Crippen LogP contribution in [0.25, 0.3) is 11.3 Å². The smallest absolute Gasteiger partial charge is 0.187 e. The second-order valence-electron chi connectivity index (χ2n) is 7.69. The lowest BCUT2D eigenvalue weighted by atomic mass is 9.93. The van der Waals surface area contributed by atoms with E-state index in [9.17, 15) is 19.1 Å². The molecule has 0 spiro atoms. The summed E-state index contributed by atoms with van der Waals surface area (Å²) in [5.74, 6) is -1.61. The number of ether oxygens (including phenoxy) is 3. The average molecular weight is 518 g/mol. The normalized spacial score (nSPS) is 11.6. The van der Waals surface area contributed by atoms with Crippen molar-refractivity contribution in [2.45, 2.75) is 6.42 Å².